The van der Waals surface area contributed by atoms with Gasteiger partial charge in [-0.05, 0) is 57.2 Å². The quantitative estimate of drug-likeness (QED) is 0.316. The van der Waals surface area contributed by atoms with E-state index in [9.17, 15) is 4.79 Å². The van der Waals surface area contributed by atoms with Crippen molar-refractivity contribution in [1.29, 1.82) is 0 Å². The predicted octanol–water partition coefficient (Wildman–Crippen LogP) is 3.86. The van der Waals surface area contributed by atoms with E-state index in [0.717, 1.165) is 44.4 Å². The van der Waals surface area contributed by atoms with Crippen LogP contribution in [0.4, 0.5) is 4.79 Å². The summed E-state index contributed by atoms with van der Waals surface area (Å²) >= 11 is 0. The summed E-state index contributed by atoms with van der Waals surface area (Å²) < 4.78 is 5.12. The van der Waals surface area contributed by atoms with E-state index in [4.69, 9.17) is 4.74 Å². The zero-order valence-corrected chi connectivity index (χ0v) is 22.1. The lowest BCUT2D eigenvalue weighted by atomic mass is 9.95. The number of carbonyl (C=O) groups is 1. The summed E-state index contributed by atoms with van der Waals surface area (Å²) in [6, 6.07) is 11.4. The van der Waals surface area contributed by atoms with Crippen LogP contribution < -0.4 is 10.6 Å². The number of ether oxygens (including phenoxy) is 1. The van der Waals surface area contributed by atoms with Gasteiger partial charge in [-0.2, -0.15) is 0 Å². The second-order valence-electron chi connectivity index (χ2n) is 8.70. The van der Waals surface area contributed by atoms with Gasteiger partial charge in [0.1, 0.15) is 0 Å². The summed E-state index contributed by atoms with van der Waals surface area (Å²) in [5.41, 5.74) is 1.35. The molecular weight excluding hydrogens is 517 g/mol. The number of benzene rings is 1. The van der Waals surface area contributed by atoms with E-state index in [1.165, 1.54) is 18.4 Å². The van der Waals surface area contributed by atoms with Crippen molar-refractivity contribution >= 4 is 36.0 Å². The molecule has 0 bridgehead atoms. The molecule has 7 nitrogen and oxygen atoms in total. The van der Waals surface area contributed by atoms with Gasteiger partial charge in [0, 0.05) is 32.7 Å². The Labute approximate surface area is 210 Å². The molecular formula is C24H40IN5O2. The molecule has 32 heavy (non-hydrogen) atoms. The third kappa shape index (κ3) is 7.79. The molecule has 0 aliphatic carbocycles. The molecule has 2 aliphatic heterocycles. The van der Waals surface area contributed by atoms with Crippen LogP contribution in [0, 0.1) is 5.92 Å². The summed E-state index contributed by atoms with van der Waals surface area (Å²) in [6.07, 6.45) is 4.10. The molecule has 2 heterocycles. The first kappa shape index (κ1) is 26.7. The van der Waals surface area contributed by atoms with Crippen molar-refractivity contribution < 1.29 is 9.53 Å². The smallest absolute Gasteiger partial charge is 0.409 e. The van der Waals surface area contributed by atoms with Crippen LogP contribution in [0.5, 0.6) is 0 Å². The average molecular weight is 558 g/mol. The minimum absolute atomic E-state index is 0. The standard InChI is InChI=1S/C24H39N5O2.HI/c1-4-31-24(30)29-16-12-21(13-17-29)27-23(25-3)26-18-22(20-8-6-5-7-9-20)28-14-10-19(2)11-15-28;/h5-9,19,21-22H,4,10-18H2,1-3H3,(H2,25,26,27);1H. The van der Waals surface area contributed by atoms with Crippen LogP contribution in [0.1, 0.15) is 51.1 Å². The van der Waals surface area contributed by atoms with Crippen molar-refractivity contribution in [2.75, 3.05) is 46.4 Å². The van der Waals surface area contributed by atoms with Crippen molar-refractivity contribution in [3.05, 3.63) is 35.9 Å². The fraction of sp³-hybridized carbons (Fsp3) is 0.667. The first-order chi connectivity index (χ1) is 15.1. The van der Waals surface area contributed by atoms with Crippen molar-refractivity contribution in [2.24, 2.45) is 10.9 Å². The van der Waals surface area contributed by atoms with Gasteiger partial charge in [0.2, 0.25) is 0 Å². The summed E-state index contributed by atoms with van der Waals surface area (Å²) in [4.78, 5) is 20.8. The number of hydrogen-bond acceptors (Lipinski definition) is 4. The maximum Gasteiger partial charge on any atom is 0.409 e. The summed E-state index contributed by atoms with van der Waals surface area (Å²) in [7, 11) is 1.82. The van der Waals surface area contributed by atoms with Crippen LogP contribution in [-0.2, 0) is 4.74 Å². The number of rotatable bonds is 6. The minimum Gasteiger partial charge on any atom is -0.450 e. The normalized spacial score (nSPS) is 19.7. The van der Waals surface area contributed by atoms with Crippen molar-refractivity contribution in [1.82, 2.24) is 20.4 Å². The minimum atomic E-state index is -0.204. The molecule has 1 aromatic rings. The molecule has 1 aromatic carbocycles. The zero-order valence-electron chi connectivity index (χ0n) is 19.8. The van der Waals surface area contributed by atoms with Gasteiger partial charge in [-0.15, -0.1) is 24.0 Å². The second-order valence-corrected chi connectivity index (χ2v) is 8.70. The van der Waals surface area contributed by atoms with Gasteiger partial charge in [0.05, 0.1) is 12.6 Å². The van der Waals surface area contributed by atoms with E-state index in [0.29, 0.717) is 31.8 Å². The van der Waals surface area contributed by atoms with Crippen LogP contribution in [-0.4, -0.2) is 74.3 Å². The molecule has 0 spiro atoms. The topological polar surface area (TPSA) is 69.2 Å². The number of guanidine groups is 1. The molecule has 2 aliphatic rings. The highest BCUT2D eigenvalue weighted by molar-refractivity contribution is 14.0. The van der Waals surface area contributed by atoms with Gasteiger partial charge >= 0.3 is 6.09 Å². The molecule has 0 radical (unpaired) electrons. The number of nitrogens with zero attached hydrogens (tertiary/aromatic N) is 3. The maximum atomic E-state index is 11.9. The predicted molar refractivity (Wildman–Crippen MR) is 141 cm³/mol. The number of halogens is 1. The highest BCUT2D eigenvalue weighted by Gasteiger charge is 2.26. The number of piperidine rings is 2. The van der Waals surface area contributed by atoms with E-state index in [-0.39, 0.29) is 30.1 Å². The van der Waals surface area contributed by atoms with Crippen molar-refractivity contribution in [3.63, 3.8) is 0 Å². The van der Waals surface area contributed by atoms with Crippen LogP contribution in [0.2, 0.25) is 0 Å². The molecule has 1 amide bonds. The fourth-order valence-electron chi connectivity index (χ4n) is 4.48. The summed E-state index contributed by atoms with van der Waals surface area (Å²) in [5.74, 6) is 1.65. The molecule has 1 atom stereocenters. The average Bonchev–Trinajstić information content (AvgIpc) is 2.81. The Morgan fingerprint density at radius 3 is 2.38 bits per heavy atom. The Balaban J connectivity index is 0.00000363. The third-order valence-corrected chi connectivity index (χ3v) is 6.49. The highest BCUT2D eigenvalue weighted by atomic mass is 127. The van der Waals surface area contributed by atoms with Crippen LogP contribution in [0.15, 0.2) is 35.3 Å². The Hall–Kier alpha value is -1.55. The number of aliphatic imine (C=N–C) groups is 1. The Kier molecular flexibility index (Phi) is 11.6. The lowest BCUT2D eigenvalue weighted by Crippen LogP contribution is -2.51. The van der Waals surface area contributed by atoms with Gasteiger partial charge in [0.15, 0.2) is 5.96 Å². The molecule has 2 saturated heterocycles. The monoisotopic (exact) mass is 557 g/mol. The summed E-state index contributed by atoms with van der Waals surface area (Å²) in [6.45, 7) is 9.15. The first-order valence-electron chi connectivity index (χ1n) is 11.8. The Bertz CT molecular complexity index is 702. The van der Waals surface area contributed by atoms with Crippen molar-refractivity contribution in [2.45, 2.75) is 51.6 Å². The van der Waals surface area contributed by atoms with E-state index < -0.39 is 0 Å². The summed E-state index contributed by atoms with van der Waals surface area (Å²) in [5, 5.41) is 7.13. The van der Waals surface area contributed by atoms with E-state index >= 15 is 0 Å². The number of hydrogen-bond donors (Lipinski definition) is 2. The lowest BCUT2D eigenvalue weighted by Gasteiger charge is -2.37. The molecule has 8 heteroatoms. The lowest BCUT2D eigenvalue weighted by molar-refractivity contribution is 0.0962. The van der Waals surface area contributed by atoms with Crippen LogP contribution in [0.25, 0.3) is 0 Å². The van der Waals surface area contributed by atoms with E-state index in [2.05, 4.69) is 57.8 Å². The van der Waals surface area contributed by atoms with Gasteiger partial charge in [-0.3, -0.25) is 9.89 Å². The largest absolute Gasteiger partial charge is 0.450 e. The Morgan fingerprint density at radius 2 is 1.78 bits per heavy atom. The molecule has 2 N–H and O–H groups in total. The SMILES string of the molecule is CCOC(=O)N1CCC(NC(=NC)NCC(c2ccccc2)N2CCC(C)CC2)CC1.I. The molecule has 3 rings (SSSR count). The Morgan fingerprint density at radius 1 is 1.12 bits per heavy atom. The zero-order chi connectivity index (χ0) is 22.1. The molecule has 0 saturated carbocycles. The van der Waals surface area contributed by atoms with Gasteiger partial charge in [0.25, 0.3) is 0 Å². The number of nitrogens with one attached hydrogen (secondary N) is 2. The molecule has 0 aromatic heterocycles. The van der Waals surface area contributed by atoms with Crippen molar-refractivity contribution in [3.8, 4) is 0 Å². The number of carbonyl (C=O) groups excluding carboxylic acids is 1. The van der Waals surface area contributed by atoms with Gasteiger partial charge < -0.3 is 20.3 Å². The van der Waals surface area contributed by atoms with Crippen LogP contribution in [0.3, 0.4) is 0 Å². The van der Waals surface area contributed by atoms with Gasteiger partial charge in [-0.25, -0.2) is 4.79 Å². The van der Waals surface area contributed by atoms with Gasteiger partial charge in [-0.1, -0.05) is 37.3 Å². The first-order valence-corrected chi connectivity index (χ1v) is 11.8. The molecule has 180 valence electrons. The number of likely N-dealkylation sites (tertiary alicyclic amines) is 2. The number of amides is 1. The molecule has 2 fully saturated rings. The second kappa shape index (κ2) is 13.9. The van der Waals surface area contributed by atoms with Crippen LogP contribution >= 0.6 is 24.0 Å². The highest BCUT2D eigenvalue weighted by Crippen LogP contribution is 2.26. The molecule has 1 unspecified atom stereocenters. The fourth-order valence-corrected chi connectivity index (χ4v) is 4.48. The maximum absolute atomic E-state index is 11.9. The van der Waals surface area contributed by atoms with E-state index in [1.807, 2.05) is 14.0 Å². The third-order valence-electron chi connectivity index (χ3n) is 6.49. The van der Waals surface area contributed by atoms with E-state index in [1.54, 1.807) is 4.90 Å².